The minimum Gasteiger partial charge on any atom is -0.329 e. The average Bonchev–Trinajstić information content (AvgIpc) is 2.24. The zero-order valence-corrected chi connectivity index (χ0v) is 10.6. The third-order valence-corrected chi connectivity index (χ3v) is 4.59. The standard InChI is InChI=1S/C10H13F3N2O2S/c1-6(5-14)15(2)18(16,17)10-8(12)3-7(11)4-9(10)13/h3-4,6H,5,14H2,1-2H3. The Hall–Kier alpha value is -1.12. The van der Waals surface area contributed by atoms with E-state index in [1.165, 1.54) is 6.92 Å². The van der Waals surface area contributed by atoms with Crippen LogP contribution in [0.5, 0.6) is 0 Å². The first-order valence-electron chi connectivity index (χ1n) is 5.04. The first-order chi connectivity index (χ1) is 8.21. The molecule has 0 fully saturated rings. The monoisotopic (exact) mass is 282 g/mol. The summed E-state index contributed by atoms with van der Waals surface area (Å²) in [5.41, 5.74) is 5.29. The van der Waals surface area contributed by atoms with Crippen LogP contribution in [0.4, 0.5) is 13.2 Å². The van der Waals surface area contributed by atoms with E-state index in [0.717, 1.165) is 11.4 Å². The highest BCUT2D eigenvalue weighted by atomic mass is 32.2. The van der Waals surface area contributed by atoms with Gasteiger partial charge in [-0.2, -0.15) is 4.31 Å². The molecule has 0 aliphatic rings. The number of rotatable bonds is 4. The molecule has 0 aliphatic carbocycles. The van der Waals surface area contributed by atoms with Gasteiger partial charge in [0.25, 0.3) is 0 Å². The van der Waals surface area contributed by atoms with Crippen LogP contribution in [-0.2, 0) is 10.0 Å². The number of hydrogen-bond acceptors (Lipinski definition) is 3. The van der Waals surface area contributed by atoms with Crippen molar-refractivity contribution in [3.05, 3.63) is 29.6 Å². The first-order valence-corrected chi connectivity index (χ1v) is 6.48. The Kier molecular flexibility index (Phi) is 4.36. The maximum absolute atomic E-state index is 13.4. The van der Waals surface area contributed by atoms with Gasteiger partial charge in [0.2, 0.25) is 10.0 Å². The number of halogens is 3. The van der Waals surface area contributed by atoms with Crippen LogP contribution in [0.15, 0.2) is 17.0 Å². The highest BCUT2D eigenvalue weighted by molar-refractivity contribution is 7.89. The molecule has 18 heavy (non-hydrogen) atoms. The van der Waals surface area contributed by atoms with Gasteiger partial charge in [0.1, 0.15) is 17.5 Å². The van der Waals surface area contributed by atoms with Crippen LogP contribution in [0.3, 0.4) is 0 Å². The third-order valence-electron chi connectivity index (χ3n) is 2.56. The highest BCUT2D eigenvalue weighted by Crippen LogP contribution is 2.23. The molecule has 4 nitrogen and oxygen atoms in total. The van der Waals surface area contributed by atoms with Crippen molar-refractivity contribution in [2.45, 2.75) is 17.9 Å². The van der Waals surface area contributed by atoms with Crippen LogP contribution >= 0.6 is 0 Å². The van der Waals surface area contributed by atoms with Crippen LogP contribution < -0.4 is 5.73 Å². The molecule has 0 heterocycles. The lowest BCUT2D eigenvalue weighted by Gasteiger charge is -2.23. The summed E-state index contributed by atoms with van der Waals surface area (Å²) in [6, 6.07) is -0.00718. The van der Waals surface area contributed by atoms with Gasteiger partial charge in [-0.1, -0.05) is 0 Å². The zero-order valence-electron chi connectivity index (χ0n) is 9.82. The van der Waals surface area contributed by atoms with E-state index in [-0.39, 0.29) is 6.54 Å². The van der Waals surface area contributed by atoms with Crippen LogP contribution in [-0.4, -0.2) is 32.4 Å². The lowest BCUT2D eigenvalue weighted by Crippen LogP contribution is -2.40. The van der Waals surface area contributed by atoms with Crippen molar-refractivity contribution >= 4 is 10.0 Å². The second-order valence-electron chi connectivity index (χ2n) is 3.80. The lowest BCUT2D eigenvalue weighted by atomic mass is 10.3. The third kappa shape index (κ3) is 2.65. The Balaban J connectivity index is 3.38. The molecule has 0 saturated carbocycles. The first kappa shape index (κ1) is 14.9. The fourth-order valence-corrected chi connectivity index (χ4v) is 2.76. The van der Waals surface area contributed by atoms with Crippen LogP contribution in [0.1, 0.15) is 6.92 Å². The van der Waals surface area contributed by atoms with Crippen LogP contribution in [0, 0.1) is 17.5 Å². The van der Waals surface area contributed by atoms with E-state index in [0.29, 0.717) is 12.1 Å². The molecule has 0 aromatic heterocycles. The molecule has 0 amide bonds. The number of benzene rings is 1. The van der Waals surface area contributed by atoms with Crippen molar-refractivity contribution in [1.82, 2.24) is 4.31 Å². The summed E-state index contributed by atoms with van der Waals surface area (Å²) in [7, 11) is -3.24. The predicted octanol–water partition coefficient (Wildman–Crippen LogP) is 1.07. The number of nitrogens with two attached hydrogens (primary N) is 1. The van der Waals surface area contributed by atoms with Crippen molar-refractivity contribution in [2.75, 3.05) is 13.6 Å². The fourth-order valence-electron chi connectivity index (χ4n) is 1.30. The highest BCUT2D eigenvalue weighted by Gasteiger charge is 2.31. The topological polar surface area (TPSA) is 63.4 Å². The van der Waals surface area contributed by atoms with Gasteiger partial charge < -0.3 is 5.73 Å². The summed E-state index contributed by atoms with van der Waals surface area (Å²) in [5, 5.41) is 0. The van der Waals surface area contributed by atoms with Crippen molar-refractivity contribution in [1.29, 1.82) is 0 Å². The minimum absolute atomic E-state index is 0.0137. The van der Waals surface area contributed by atoms with E-state index in [1.807, 2.05) is 0 Å². The molecule has 1 rings (SSSR count). The Bertz CT molecular complexity index is 525. The van der Waals surface area contributed by atoms with E-state index in [4.69, 9.17) is 5.73 Å². The molecule has 102 valence electrons. The van der Waals surface area contributed by atoms with Crippen molar-refractivity contribution in [2.24, 2.45) is 5.73 Å². The van der Waals surface area contributed by atoms with Crippen molar-refractivity contribution < 1.29 is 21.6 Å². The number of hydrogen-bond donors (Lipinski definition) is 1. The molecule has 1 atom stereocenters. The predicted molar refractivity (Wildman–Crippen MR) is 59.8 cm³/mol. The average molecular weight is 282 g/mol. The van der Waals surface area contributed by atoms with E-state index < -0.39 is 38.4 Å². The molecule has 1 aromatic rings. The molecular formula is C10H13F3N2O2S. The second kappa shape index (κ2) is 5.25. The van der Waals surface area contributed by atoms with E-state index in [9.17, 15) is 21.6 Å². The summed E-state index contributed by atoms with van der Waals surface area (Å²) in [6.07, 6.45) is 0. The van der Waals surface area contributed by atoms with E-state index >= 15 is 0 Å². The van der Waals surface area contributed by atoms with Gasteiger partial charge in [-0.25, -0.2) is 21.6 Å². The molecule has 0 saturated heterocycles. The zero-order chi connectivity index (χ0) is 14.1. The summed E-state index contributed by atoms with van der Waals surface area (Å²) >= 11 is 0. The largest absolute Gasteiger partial charge is 0.329 e. The van der Waals surface area contributed by atoms with Gasteiger partial charge in [0.05, 0.1) is 0 Å². The molecule has 8 heteroatoms. The molecule has 1 unspecified atom stereocenters. The summed E-state index contributed by atoms with van der Waals surface area (Å²) in [5.74, 6) is -4.12. The molecule has 1 aromatic carbocycles. The fraction of sp³-hybridized carbons (Fsp3) is 0.400. The van der Waals surface area contributed by atoms with Gasteiger partial charge in [-0.15, -0.1) is 0 Å². The second-order valence-corrected chi connectivity index (χ2v) is 5.74. The molecule has 0 radical (unpaired) electrons. The molecule has 0 bridgehead atoms. The van der Waals surface area contributed by atoms with Crippen LogP contribution in [0.2, 0.25) is 0 Å². The maximum atomic E-state index is 13.4. The Labute approximate surface area is 103 Å². The molecule has 2 N–H and O–H groups in total. The SMILES string of the molecule is CC(CN)N(C)S(=O)(=O)c1c(F)cc(F)cc1F. The number of sulfonamides is 1. The van der Waals surface area contributed by atoms with Crippen LogP contribution in [0.25, 0.3) is 0 Å². The van der Waals surface area contributed by atoms with Gasteiger partial charge in [0, 0.05) is 31.8 Å². The molecule has 0 aliphatic heterocycles. The quantitative estimate of drug-likeness (QED) is 0.898. The smallest absolute Gasteiger partial charge is 0.248 e. The van der Waals surface area contributed by atoms with E-state index in [1.54, 1.807) is 0 Å². The molecular weight excluding hydrogens is 269 g/mol. The van der Waals surface area contributed by atoms with Crippen molar-refractivity contribution in [3.63, 3.8) is 0 Å². The lowest BCUT2D eigenvalue weighted by molar-refractivity contribution is 0.386. The summed E-state index contributed by atoms with van der Waals surface area (Å²) in [6.45, 7) is 1.47. The molecule has 0 spiro atoms. The summed E-state index contributed by atoms with van der Waals surface area (Å²) < 4.78 is 64.2. The number of nitrogens with zero attached hydrogens (tertiary/aromatic N) is 1. The van der Waals surface area contributed by atoms with Gasteiger partial charge in [0.15, 0.2) is 4.90 Å². The van der Waals surface area contributed by atoms with Gasteiger partial charge in [-0.05, 0) is 6.92 Å². The Morgan fingerprint density at radius 1 is 1.28 bits per heavy atom. The van der Waals surface area contributed by atoms with Gasteiger partial charge in [-0.3, -0.25) is 0 Å². The normalized spacial score (nSPS) is 13.9. The summed E-state index contributed by atoms with van der Waals surface area (Å²) in [4.78, 5) is -1.17. The Morgan fingerprint density at radius 2 is 1.72 bits per heavy atom. The maximum Gasteiger partial charge on any atom is 0.248 e. The van der Waals surface area contributed by atoms with Gasteiger partial charge >= 0.3 is 0 Å². The number of likely N-dealkylation sites (N-methyl/N-ethyl adjacent to an activating group) is 1. The van der Waals surface area contributed by atoms with Crippen molar-refractivity contribution in [3.8, 4) is 0 Å². The minimum atomic E-state index is -4.39. The van der Waals surface area contributed by atoms with E-state index in [2.05, 4.69) is 0 Å². The Morgan fingerprint density at radius 3 is 2.11 bits per heavy atom.